The molecule has 0 aromatic heterocycles. The van der Waals surface area contributed by atoms with Crippen molar-refractivity contribution in [1.29, 1.82) is 0 Å². The number of rotatable bonds is 6. The third-order valence-electron chi connectivity index (χ3n) is 3.19. The normalized spacial score (nSPS) is 11.7. The van der Waals surface area contributed by atoms with Gasteiger partial charge in [0.05, 0.1) is 0 Å². The van der Waals surface area contributed by atoms with Crippen LogP contribution in [0.1, 0.15) is 11.1 Å². The summed E-state index contributed by atoms with van der Waals surface area (Å²) in [6.07, 6.45) is -4.77. The van der Waals surface area contributed by atoms with Crippen molar-refractivity contribution in [3.63, 3.8) is 0 Å². The number of carboxylic acids is 2. The lowest BCUT2D eigenvalue weighted by Crippen LogP contribution is -2.32. The van der Waals surface area contributed by atoms with Crippen molar-refractivity contribution < 1.29 is 37.7 Å². The second kappa shape index (κ2) is 10.2. The molecule has 2 aromatic carbocycles. The van der Waals surface area contributed by atoms with Gasteiger partial charge in [-0.2, -0.15) is 13.2 Å². The molecule has 2 rings (SSSR count). The second-order valence-corrected chi connectivity index (χ2v) is 5.37. The Hall–Kier alpha value is -3.07. The molecule has 0 spiro atoms. The Morgan fingerprint density at radius 2 is 1.48 bits per heavy atom. The molecule has 0 saturated carbocycles. The first-order valence-electron chi connectivity index (χ1n) is 7.63. The van der Waals surface area contributed by atoms with E-state index in [0.717, 1.165) is 16.9 Å². The number of carbonyl (C=O) groups is 2. The fourth-order valence-electron chi connectivity index (χ4n) is 1.80. The molecule has 0 fully saturated rings. The fourth-order valence-corrected chi connectivity index (χ4v) is 1.80. The highest BCUT2D eigenvalue weighted by atomic mass is 19.4. The maximum atomic E-state index is 10.7. The van der Waals surface area contributed by atoms with E-state index in [0.29, 0.717) is 13.0 Å². The smallest absolute Gasteiger partial charge is 0.489 e. The summed E-state index contributed by atoms with van der Waals surface area (Å²) in [5.74, 6) is -3.00. The van der Waals surface area contributed by atoms with E-state index in [1.807, 2.05) is 54.6 Å². The molecule has 0 aliphatic heterocycles. The minimum absolute atomic E-state index is 0.314. The Balaban J connectivity index is 0.000000445. The highest BCUT2D eigenvalue weighted by molar-refractivity contribution is 5.73. The van der Waals surface area contributed by atoms with E-state index < -0.39 is 24.2 Å². The minimum Gasteiger partial charge on any atom is -0.489 e. The van der Waals surface area contributed by atoms with E-state index in [1.165, 1.54) is 0 Å². The van der Waals surface area contributed by atoms with Gasteiger partial charge >= 0.3 is 18.1 Å². The van der Waals surface area contributed by atoms with Crippen LogP contribution in [0.15, 0.2) is 54.6 Å². The van der Waals surface area contributed by atoms with Crippen LogP contribution in [0.2, 0.25) is 0 Å². The molecular formula is C18H18F3NO5. The SMILES string of the molecule is N[C@@H](Cc1ccc(OCc2ccccc2)cc1)C(=O)O.O=C(O)C(F)(F)F. The third-order valence-corrected chi connectivity index (χ3v) is 3.19. The van der Waals surface area contributed by atoms with Gasteiger partial charge < -0.3 is 20.7 Å². The lowest BCUT2D eigenvalue weighted by Gasteiger charge is -2.09. The van der Waals surface area contributed by atoms with E-state index in [-0.39, 0.29) is 0 Å². The highest BCUT2D eigenvalue weighted by Gasteiger charge is 2.38. The first kappa shape index (κ1) is 22.0. The van der Waals surface area contributed by atoms with Crippen LogP contribution in [0.25, 0.3) is 0 Å². The molecule has 6 nitrogen and oxygen atoms in total. The van der Waals surface area contributed by atoms with Crippen LogP contribution in [-0.2, 0) is 22.6 Å². The number of halogens is 3. The summed E-state index contributed by atoms with van der Waals surface area (Å²) < 4.78 is 37.4. The van der Waals surface area contributed by atoms with Gasteiger partial charge in [0.25, 0.3) is 0 Å². The monoisotopic (exact) mass is 385 g/mol. The average molecular weight is 385 g/mol. The maximum Gasteiger partial charge on any atom is 0.490 e. The van der Waals surface area contributed by atoms with Gasteiger partial charge in [-0.1, -0.05) is 42.5 Å². The summed E-state index contributed by atoms with van der Waals surface area (Å²) in [6, 6.07) is 16.4. The van der Waals surface area contributed by atoms with E-state index in [9.17, 15) is 18.0 Å². The van der Waals surface area contributed by atoms with Crippen molar-refractivity contribution in [1.82, 2.24) is 0 Å². The van der Waals surface area contributed by atoms with Crippen molar-refractivity contribution in [2.75, 3.05) is 0 Å². The summed E-state index contributed by atoms with van der Waals surface area (Å²) >= 11 is 0. The van der Waals surface area contributed by atoms with Crippen molar-refractivity contribution >= 4 is 11.9 Å². The number of carboxylic acid groups (broad SMARTS) is 2. The molecule has 0 heterocycles. The minimum atomic E-state index is -5.08. The van der Waals surface area contributed by atoms with Gasteiger partial charge in [-0.05, 0) is 29.7 Å². The third kappa shape index (κ3) is 8.73. The number of nitrogens with two attached hydrogens (primary N) is 1. The molecule has 9 heteroatoms. The van der Waals surface area contributed by atoms with Gasteiger partial charge in [-0.3, -0.25) is 4.79 Å². The van der Waals surface area contributed by atoms with Gasteiger partial charge in [-0.25, -0.2) is 4.79 Å². The Kier molecular flexibility index (Phi) is 8.28. The van der Waals surface area contributed by atoms with Crippen LogP contribution in [0.3, 0.4) is 0 Å². The maximum absolute atomic E-state index is 10.7. The number of ether oxygens (including phenoxy) is 1. The molecule has 0 aliphatic rings. The molecular weight excluding hydrogens is 367 g/mol. The Bertz CT molecular complexity index is 733. The van der Waals surface area contributed by atoms with Crippen LogP contribution in [0.5, 0.6) is 5.75 Å². The van der Waals surface area contributed by atoms with Crippen molar-refractivity contribution in [2.24, 2.45) is 5.73 Å². The number of aliphatic carboxylic acids is 2. The zero-order chi connectivity index (χ0) is 20.4. The fraction of sp³-hybridized carbons (Fsp3) is 0.222. The number of benzene rings is 2. The summed E-state index contributed by atoms with van der Waals surface area (Å²) in [5.41, 5.74) is 7.47. The molecule has 2 aromatic rings. The standard InChI is InChI=1S/C16H17NO3.C2HF3O2/c17-15(16(18)19)10-12-6-8-14(9-7-12)20-11-13-4-2-1-3-5-13;3-2(4,5)1(6)7/h1-9,15H,10-11,17H2,(H,18,19);(H,6,7)/t15-;/m0./s1. The van der Waals surface area contributed by atoms with E-state index in [4.69, 9.17) is 25.5 Å². The molecule has 0 unspecified atom stereocenters. The Morgan fingerprint density at radius 3 is 1.93 bits per heavy atom. The summed E-state index contributed by atoms with van der Waals surface area (Å²) in [7, 11) is 0. The largest absolute Gasteiger partial charge is 0.490 e. The van der Waals surface area contributed by atoms with Crippen molar-refractivity contribution in [3.8, 4) is 5.75 Å². The van der Waals surface area contributed by atoms with Crippen LogP contribution in [0.4, 0.5) is 13.2 Å². The molecule has 0 radical (unpaired) electrons. The zero-order valence-electron chi connectivity index (χ0n) is 14.0. The van der Waals surface area contributed by atoms with Crippen molar-refractivity contribution in [2.45, 2.75) is 25.2 Å². The summed E-state index contributed by atoms with van der Waals surface area (Å²) in [4.78, 5) is 19.6. The van der Waals surface area contributed by atoms with Gasteiger partial charge in [0.2, 0.25) is 0 Å². The van der Waals surface area contributed by atoms with Crippen LogP contribution >= 0.6 is 0 Å². The second-order valence-electron chi connectivity index (χ2n) is 5.37. The number of alkyl halides is 3. The zero-order valence-corrected chi connectivity index (χ0v) is 14.0. The number of hydrogen-bond acceptors (Lipinski definition) is 4. The van der Waals surface area contributed by atoms with Gasteiger partial charge in [0.15, 0.2) is 0 Å². The topological polar surface area (TPSA) is 110 Å². The number of hydrogen-bond donors (Lipinski definition) is 3. The van der Waals surface area contributed by atoms with Crippen LogP contribution in [-0.4, -0.2) is 34.4 Å². The predicted molar refractivity (Wildman–Crippen MR) is 90.2 cm³/mol. The first-order chi connectivity index (χ1) is 12.6. The average Bonchev–Trinajstić information content (AvgIpc) is 2.61. The predicted octanol–water partition coefficient (Wildman–Crippen LogP) is 2.85. The van der Waals surface area contributed by atoms with Gasteiger partial charge in [0, 0.05) is 0 Å². The molecule has 0 bridgehead atoms. The van der Waals surface area contributed by atoms with Crippen LogP contribution in [0, 0.1) is 0 Å². The molecule has 0 saturated heterocycles. The summed E-state index contributed by atoms with van der Waals surface area (Å²) in [5, 5.41) is 15.9. The summed E-state index contributed by atoms with van der Waals surface area (Å²) in [6.45, 7) is 0.509. The van der Waals surface area contributed by atoms with E-state index >= 15 is 0 Å². The van der Waals surface area contributed by atoms with Crippen LogP contribution < -0.4 is 10.5 Å². The molecule has 0 aliphatic carbocycles. The molecule has 27 heavy (non-hydrogen) atoms. The van der Waals surface area contributed by atoms with Gasteiger partial charge in [-0.15, -0.1) is 0 Å². The van der Waals surface area contributed by atoms with Gasteiger partial charge in [0.1, 0.15) is 18.4 Å². The highest BCUT2D eigenvalue weighted by Crippen LogP contribution is 2.15. The Morgan fingerprint density at radius 1 is 0.963 bits per heavy atom. The lowest BCUT2D eigenvalue weighted by atomic mass is 10.1. The van der Waals surface area contributed by atoms with E-state index in [2.05, 4.69) is 0 Å². The molecule has 1 atom stereocenters. The lowest BCUT2D eigenvalue weighted by molar-refractivity contribution is -0.192. The van der Waals surface area contributed by atoms with Crippen molar-refractivity contribution in [3.05, 3.63) is 65.7 Å². The molecule has 146 valence electrons. The first-order valence-corrected chi connectivity index (χ1v) is 7.63. The quantitative estimate of drug-likeness (QED) is 0.705. The molecule has 0 amide bonds. The van der Waals surface area contributed by atoms with E-state index in [1.54, 1.807) is 0 Å². The molecule has 4 N–H and O–H groups in total. The Labute approximate surface area is 153 Å².